The highest BCUT2D eigenvalue weighted by Gasteiger charge is 2.08. The van der Waals surface area contributed by atoms with Gasteiger partial charge in [0.25, 0.3) is 5.91 Å². The number of amides is 1. The third-order valence-corrected chi connectivity index (χ3v) is 2.81. The number of hydrogen-bond donors (Lipinski definition) is 1. The van der Waals surface area contributed by atoms with E-state index in [1.165, 1.54) is 0 Å². The number of nitrogens with one attached hydrogen (secondary N) is 1. The molecule has 0 unspecified atom stereocenters. The predicted octanol–water partition coefficient (Wildman–Crippen LogP) is 2.90. The molecule has 1 heterocycles. The van der Waals surface area contributed by atoms with Gasteiger partial charge in [0.1, 0.15) is 5.75 Å². The average Bonchev–Trinajstić information content (AvgIpc) is 2.47. The zero-order valence-electron chi connectivity index (χ0n) is 11.9. The third kappa shape index (κ3) is 3.35. The highest BCUT2D eigenvalue weighted by molar-refractivity contribution is 5.94. The van der Waals surface area contributed by atoms with Gasteiger partial charge in [-0.2, -0.15) is 0 Å². The Balaban J connectivity index is 2.21. The standard InChI is InChI=1S/C16H18N2O2/c1-11(2)18-16(19)13-7-8-15(17-10-13)12-5-4-6-14(9-12)20-3/h4-11H,1-3H3,(H,18,19). The van der Waals surface area contributed by atoms with Crippen molar-refractivity contribution in [3.05, 3.63) is 48.2 Å². The fourth-order valence-electron chi connectivity index (χ4n) is 1.83. The van der Waals surface area contributed by atoms with Crippen LogP contribution in [-0.2, 0) is 0 Å². The van der Waals surface area contributed by atoms with Gasteiger partial charge in [0.05, 0.1) is 18.4 Å². The van der Waals surface area contributed by atoms with Gasteiger partial charge in [-0.05, 0) is 38.1 Å². The molecule has 20 heavy (non-hydrogen) atoms. The monoisotopic (exact) mass is 270 g/mol. The van der Waals surface area contributed by atoms with Crippen LogP contribution in [0.1, 0.15) is 24.2 Å². The Kier molecular flexibility index (Phi) is 4.35. The van der Waals surface area contributed by atoms with Crippen molar-refractivity contribution in [1.29, 1.82) is 0 Å². The minimum absolute atomic E-state index is 0.107. The first-order valence-corrected chi connectivity index (χ1v) is 6.51. The minimum Gasteiger partial charge on any atom is -0.497 e. The Morgan fingerprint density at radius 3 is 2.65 bits per heavy atom. The summed E-state index contributed by atoms with van der Waals surface area (Å²) in [4.78, 5) is 16.2. The number of carbonyl (C=O) groups is 1. The van der Waals surface area contributed by atoms with Crippen LogP contribution in [0.5, 0.6) is 5.75 Å². The van der Waals surface area contributed by atoms with Crippen LogP contribution in [0, 0.1) is 0 Å². The largest absolute Gasteiger partial charge is 0.497 e. The van der Waals surface area contributed by atoms with Gasteiger partial charge in [-0.15, -0.1) is 0 Å². The summed E-state index contributed by atoms with van der Waals surface area (Å²) in [6.45, 7) is 3.85. The molecule has 0 aliphatic heterocycles. The molecule has 104 valence electrons. The number of methoxy groups -OCH3 is 1. The molecule has 1 N–H and O–H groups in total. The highest BCUT2D eigenvalue weighted by Crippen LogP contribution is 2.22. The van der Waals surface area contributed by atoms with Crippen LogP contribution in [0.15, 0.2) is 42.6 Å². The lowest BCUT2D eigenvalue weighted by atomic mass is 10.1. The van der Waals surface area contributed by atoms with Crippen LogP contribution < -0.4 is 10.1 Å². The van der Waals surface area contributed by atoms with Crippen LogP contribution in [0.3, 0.4) is 0 Å². The molecule has 1 aromatic carbocycles. The first-order valence-electron chi connectivity index (χ1n) is 6.51. The van der Waals surface area contributed by atoms with Crippen molar-refractivity contribution >= 4 is 5.91 Å². The van der Waals surface area contributed by atoms with Crippen molar-refractivity contribution in [2.45, 2.75) is 19.9 Å². The molecule has 0 fully saturated rings. The topological polar surface area (TPSA) is 51.2 Å². The lowest BCUT2D eigenvalue weighted by Crippen LogP contribution is -2.30. The van der Waals surface area contributed by atoms with E-state index in [-0.39, 0.29) is 11.9 Å². The second kappa shape index (κ2) is 6.19. The zero-order valence-corrected chi connectivity index (χ0v) is 11.9. The molecule has 1 aromatic heterocycles. The molecule has 2 rings (SSSR count). The van der Waals surface area contributed by atoms with E-state index in [9.17, 15) is 4.79 Å². The summed E-state index contributed by atoms with van der Waals surface area (Å²) < 4.78 is 5.19. The molecule has 1 amide bonds. The molecule has 4 nitrogen and oxygen atoms in total. The van der Waals surface area contributed by atoms with E-state index < -0.39 is 0 Å². The molecule has 0 saturated heterocycles. The Morgan fingerprint density at radius 1 is 1.25 bits per heavy atom. The second-order valence-electron chi connectivity index (χ2n) is 4.79. The Hall–Kier alpha value is -2.36. The molecule has 4 heteroatoms. The SMILES string of the molecule is COc1cccc(-c2ccc(C(=O)NC(C)C)cn2)c1. The number of hydrogen-bond acceptors (Lipinski definition) is 3. The predicted molar refractivity (Wildman–Crippen MR) is 78.8 cm³/mol. The van der Waals surface area contributed by atoms with Gasteiger partial charge >= 0.3 is 0 Å². The summed E-state index contributed by atoms with van der Waals surface area (Å²) in [6.07, 6.45) is 1.59. The van der Waals surface area contributed by atoms with Crippen LogP contribution in [0.25, 0.3) is 11.3 Å². The van der Waals surface area contributed by atoms with Crippen molar-refractivity contribution in [1.82, 2.24) is 10.3 Å². The normalized spacial score (nSPS) is 10.4. The van der Waals surface area contributed by atoms with Crippen LogP contribution in [0.4, 0.5) is 0 Å². The third-order valence-electron chi connectivity index (χ3n) is 2.81. The summed E-state index contributed by atoms with van der Waals surface area (Å²) in [5.41, 5.74) is 2.33. The highest BCUT2D eigenvalue weighted by atomic mass is 16.5. The van der Waals surface area contributed by atoms with Gasteiger partial charge in [0, 0.05) is 17.8 Å². The molecule has 0 spiro atoms. The summed E-state index contributed by atoms with van der Waals surface area (Å²) >= 11 is 0. The van der Waals surface area contributed by atoms with E-state index >= 15 is 0 Å². The zero-order chi connectivity index (χ0) is 14.5. The molecule has 0 aliphatic rings. The van der Waals surface area contributed by atoms with Crippen molar-refractivity contribution in [3.8, 4) is 17.0 Å². The average molecular weight is 270 g/mol. The number of nitrogens with zero attached hydrogens (tertiary/aromatic N) is 1. The number of pyridine rings is 1. The first-order chi connectivity index (χ1) is 9.60. The number of rotatable bonds is 4. The van der Waals surface area contributed by atoms with Crippen molar-refractivity contribution in [2.75, 3.05) is 7.11 Å². The maximum Gasteiger partial charge on any atom is 0.253 e. The summed E-state index contributed by atoms with van der Waals surface area (Å²) in [7, 11) is 1.63. The fraction of sp³-hybridized carbons (Fsp3) is 0.250. The summed E-state index contributed by atoms with van der Waals surface area (Å²) in [5.74, 6) is 0.676. The Bertz CT molecular complexity index is 592. The number of aromatic nitrogens is 1. The van der Waals surface area contributed by atoms with Gasteiger partial charge in [-0.3, -0.25) is 9.78 Å². The molecule has 2 aromatic rings. The van der Waals surface area contributed by atoms with Crippen LogP contribution in [-0.4, -0.2) is 24.0 Å². The number of ether oxygens (including phenoxy) is 1. The maximum absolute atomic E-state index is 11.8. The van der Waals surface area contributed by atoms with Crippen LogP contribution >= 0.6 is 0 Å². The van der Waals surface area contributed by atoms with Gasteiger partial charge in [0.2, 0.25) is 0 Å². The quantitative estimate of drug-likeness (QED) is 0.929. The van der Waals surface area contributed by atoms with Crippen molar-refractivity contribution in [3.63, 3.8) is 0 Å². The summed E-state index contributed by atoms with van der Waals surface area (Å²) in [6, 6.07) is 11.4. The fourth-order valence-corrected chi connectivity index (χ4v) is 1.83. The molecule has 0 atom stereocenters. The van der Waals surface area contributed by atoms with Crippen molar-refractivity contribution < 1.29 is 9.53 Å². The smallest absolute Gasteiger partial charge is 0.253 e. The number of carbonyl (C=O) groups excluding carboxylic acids is 1. The molecule has 0 radical (unpaired) electrons. The number of benzene rings is 1. The Morgan fingerprint density at radius 2 is 2.05 bits per heavy atom. The maximum atomic E-state index is 11.8. The van der Waals surface area contributed by atoms with Crippen molar-refractivity contribution in [2.24, 2.45) is 0 Å². The van der Waals surface area contributed by atoms with Gasteiger partial charge < -0.3 is 10.1 Å². The summed E-state index contributed by atoms with van der Waals surface area (Å²) in [5, 5.41) is 2.84. The van der Waals surface area contributed by atoms with E-state index in [1.54, 1.807) is 19.4 Å². The van der Waals surface area contributed by atoms with E-state index in [2.05, 4.69) is 10.3 Å². The second-order valence-corrected chi connectivity index (χ2v) is 4.79. The minimum atomic E-state index is -0.107. The lowest BCUT2D eigenvalue weighted by Gasteiger charge is -2.08. The Labute approximate surface area is 118 Å². The molecule has 0 saturated carbocycles. The van der Waals surface area contributed by atoms with E-state index in [0.717, 1.165) is 17.0 Å². The van der Waals surface area contributed by atoms with Gasteiger partial charge in [-0.1, -0.05) is 12.1 Å². The van der Waals surface area contributed by atoms with Gasteiger partial charge in [0.15, 0.2) is 0 Å². The molecule has 0 bridgehead atoms. The van der Waals surface area contributed by atoms with E-state index in [0.29, 0.717) is 5.56 Å². The van der Waals surface area contributed by atoms with Crippen LogP contribution in [0.2, 0.25) is 0 Å². The molecular weight excluding hydrogens is 252 g/mol. The lowest BCUT2D eigenvalue weighted by molar-refractivity contribution is 0.0943. The van der Waals surface area contributed by atoms with E-state index in [1.807, 2.05) is 44.2 Å². The van der Waals surface area contributed by atoms with E-state index in [4.69, 9.17) is 4.74 Å². The van der Waals surface area contributed by atoms with Gasteiger partial charge in [-0.25, -0.2) is 0 Å². The first kappa shape index (κ1) is 14.1. The molecule has 0 aliphatic carbocycles. The molecular formula is C16H18N2O2.